The summed E-state index contributed by atoms with van der Waals surface area (Å²) >= 11 is 5.36. The summed E-state index contributed by atoms with van der Waals surface area (Å²) in [7, 11) is 0. The second-order valence-corrected chi connectivity index (χ2v) is 8.30. The van der Waals surface area contributed by atoms with E-state index in [1.54, 1.807) is 16.8 Å². The molecule has 0 aliphatic rings. The minimum atomic E-state index is -0.283. The zero-order chi connectivity index (χ0) is 23.0. The Bertz CT molecular complexity index is 1290. The quantitative estimate of drug-likeness (QED) is 0.276. The first kappa shape index (κ1) is 22.6. The third-order valence-electron chi connectivity index (χ3n) is 5.60. The molecular weight excluding hydrogens is 432 g/mol. The molecule has 0 saturated heterocycles. The van der Waals surface area contributed by atoms with E-state index in [-0.39, 0.29) is 17.5 Å². The van der Waals surface area contributed by atoms with Gasteiger partial charge in [0.2, 0.25) is 5.91 Å². The smallest absolute Gasteiger partial charge is 0.262 e. The van der Waals surface area contributed by atoms with E-state index in [9.17, 15) is 9.59 Å². The molecule has 1 atom stereocenters. The van der Waals surface area contributed by atoms with E-state index in [0.717, 1.165) is 36.0 Å². The number of H-pyrrole nitrogens is 1. The number of carbonyl (C=O) groups is 1. The molecule has 1 unspecified atom stereocenters. The lowest BCUT2D eigenvalue weighted by molar-refractivity contribution is -0.121. The number of hydrogen-bond donors (Lipinski definition) is 2. The van der Waals surface area contributed by atoms with E-state index in [4.69, 9.17) is 12.2 Å². The molecular formula is C26H26N4O2S. The van der Waals surface area contributed by atoms with Crippen molar-refractivity contribution in [2.24, 2.45) is 0 Å². The normalized spacial score (nSPS) is 11.9. The molecule has 4 aromatic rings. The van der Waals surface area contributed by atoms with Gasteiger partial charge in [-0.05, 0) is 54.9 Å². The van der Waals surface area contributed by atoms with Gasteiger partial charge in [0.1, 0.15) is 0 Å². The van der Waals surface area contributed by atoms with E-state index in [1.165, 1.54) is 0 Å². The average molecular weight is 459 g/mol. The van der Waals surface area contributed by atoms with E-state index >= 15 is 0 Å². The molecule has 1 amide bonds. The summed E-state index contributed by atoms with van der Waals surface area (Å²) in [5.41, 5.74) is 2.48. The van der Waals surface area contributed by atoms with Gasteiger partial charge in [-0.3, -0.25) is 19.1 Å². The van der Waals surface area contributed by atoms with Crippen molar-refractivity contribution in [1.82, 2.24) is 19.9 Å². The number of para-hydroxylation sites is 1. The Morgan fingerprint density at radius 3 is 2.52 bits per heavy atom. The van der Waals surface area contributed by atoms with Crippen molar-refractivity contribution in [3.63, 3.8) is 0 Å². The van der Waals surface area contributed by atoms with Gasteiger partial charge in [-0.25, -0.2) is 0 Å². The van der Waals surface area contributed by atoms with Crippen molar-refractivity contribution in [2.45, 2.75) is 38.3 Å². The molecule has 0 spiro atoms. The number of rotatable bonds is 9. The van der Waals surface area contributed by atoms with Crippen molar-refractivity contribution in [3.8, 4) is 0 Å². The molecule has 2 N–H and O–H groups in total. The highest BCUT2D eigenvalue weighted by Crippen LogP contribution is 2.20. The predicted molar refractivity (Wildman–Crippen MR) is 133 cm³/mol. The van der Waals surface area contributed by atoms with Crippen LogP contribution in [-0.4, -0.2) is 20.4 Å². The van der Waals surface area contributed by atoms with Crippen molar-refractivity contribution in [2.75, 3.05) is 0 Å². The number of hydrogen-bond acceptors (Lipinski definition) is 4. The summed E-state index contributed by atoms with van der Waals surface area (Å²) in [4.78, 5) is 32.9. The van der Waals surface area contributed by atoms with Gasteiger partial charge in [0, 0.05) is 19.2 Å². The summed E-state index contributed by atoms with van der Waals surface area (Å²) < 4.78 is 2.03. The van der Waals surface area contributed by atoms with Gasteiger partial charge in [-0.2, -0.15) is 0 Å². The van der Waals surface area contributed by atoms with Crippen LogP contribution in [0.5, 0.6) is 0 Å². The number of aromatic nitrogens is 3. The first-order valence-electron chi connectivity index (χ1n) is 11.1. The van der Waals surface area contributed by atoms with Crippen LogP contribution in [0, 0.1) is 4.77 Å². The van der Waals surface area contributed by atoms with Crippen LogP contribution in [0.2, 0.25) is 0 Å². The number of carbonyl (C=O) groups excluding carboxylic acids is 1. The number of unbranched alkanes of at least 4 members (excludes halogenated alkanes) is 2. The lowest BCUT2D eigenvalue weighted by Gasteiger charge is -2.19. The fourth-order valence-corrected chi connectivity index (χ4v) is 4.17. The molecule has 2 aromatic heterocycles. The Hall–Kier alpha value is -3.58. The number of fused-ring (bicyclic) bond motifs is 1. The Morgan fingerprint density at radius 2 is 1.73 bits per heavy atom. The van der Waals surface area contributed by atoms with Crippen molar-refractivity contribution in [1.29, 1.82) is 0 Å². The minimum absolute atomic E-state index is 0.0188. The van der Waals surface area contributed by atoms with Crippen molar-refractivity contribution < 1.29 is 4.79 Å². The molecule has 0 bridgehead atoms. The molecule has 7 heteroatoms. The molecule has 2 aromatic carbocycles. The molecule has 6 nitrogen and oxygen atoms in total. The van der Waals surface area contributed by atoms with E-state index in [0.29, 0.717) is 23.1 Å². The third-order valence-corrected chi connectivity index (χ3v) is 5.92. The molecule has 2 heterocycles. The van der Waals surface area contributed by atoms with E-state index in [2.05, 4.69) is 15.3 Å². The van der Waals surface area contributed by atoms with Crippen LogP contribution < -0.4 is 10.9 Å². The highest BCUT2D eigenvalue weighted by atomic mass is 32.1. The lowest BCUT2D eigenvalue weighted by Crippen LogP contribution is -2.29. The lowest BCUT2D eigenvalue weighted by atomic mass is 10.0. The number of nitrogens with one attached hydrogen (secondary N) is 2. The third kappa shape index (κ3) is 5.62. The second-order valence-electron chi connectivity index (χ2n) is 7.91. The maximum absolute atomic E-state index is 12.7. The molecule has 0 saturated carbocycles. The van der Waals surface area contributed by atoms with Crippen LogP contribution in [0.25, 0.3) is 10.9 Å². The second kappa shape index (κ2) is 10.8. The topological polar surface area (TPSA) is 79.8 Å². The zero-order valence-corrected chi connectivity index (χ0v) is 19.1. The van der Waals surface area contributed by atoms with Crippen LogP contribution in [0.3, 0.4) is 0 Å². The van der Waals surface area contributed by atoms with Gasteiger partial charge in [0.15, 0.2) is 4.77 Å². The van der Waals surface area contributed by atoms with Crippen LogP contribution >= 0.6 is 12.2 Å². The SMILES string of the molecule is O=C(CCCCCn1c(=S)[nH]c2ccccc2c1=O)NC(c1ccccc1)c1ccccn1. The van der Waals surface area contributed by atoms with Crippen LogP contribution in [-0.2, 0) is 11.3 Å². The summed E-state index contributed by atoms with van der Waals surface area (Å²) in [6.45, 7) is 0.529. The average Bonchev–Trinajstić information content (AvgIpc) is 2.85. The molecule has 0 aliphatic carbocycles. The largest absolute Gasteiger partial charge is 0.344 e. The van der Waals surface area contributed by atoms with Gasteiger partial charge in [0.25, 0.3) is 5.56 Å². The fourth-order valence-electron chi connectivity index (χ4n) is 3.89. The van der Waals surface area contributed by atoms with Gasteiger partial charge in [0.05, 0.1) is 22.6 Å². The number of aromatic amines is 1. The first-order valence-corrected chi connectivity index (χ1v) is 11.5. The Labute approximate surface area is 197 Å². The summed E-state index contributed by atoms with van der Waals surface area (Å²) in [5, 5.41) is 3.75. The maximum Gasteiger partial charge on any atom is 0.262 e. The standard InChI is InChI=1S/C26H26N4O2S/c31-23(29-24(19-11-3-1-4-12-19)22-15-8-9-17-27-22)16-5-2-10-18-30-25(32)20-13-6-7-14-21(20)28-26(30)33/h1,3-4,6-9,11-15,17,24H,2,5,10,16,18H2,(H,28,33)(H,29,31). The number of amides is 1. The summed E-state index contributed by atoms with van der Waals surface area (Å²) in [6, 6.07) is 22.6. The van der Waals surface area contributed by atoms with Crippen molar-refractivity contribution >= 4 is 29.0 Å². The molecule has 168 valence electrons. The van der Waals surface area contributed by atoms with E-state index < -0.39 is 0 Å². The van der Waals surface area contributed by atoms with Gasteiger partial charge >= 0.3 is 0 Å². The molecule has 0 radical (unpaired) electrons. The summed E-state index contributed by atoms with van der Waals surface area (Å²) in [6.07, 6.45) is 4.47. The Morgan fingerprint density at radius 1 is 0.970 bits per heavy atom. The monoisotopic (exact) mass is 458 g/mol. The number of pyridine rings is 1. The maximum atomic E-state index is 12.7. The number of benzene rings is 2. The van der Waals surface area contributed by atoms with Gasteiger partial charge < -0.3 is 10.3 Å². The predicted octanol–water partition coefficient (Wildman–Crippen LogP) is 4.92. The summed E-state index contributed by atoms with van der Waals surface area (Å²) in [5.74, 6) is -0.0188. The van der Waals surface area contributed by atoms with Crippen LogP contribution in [0.15, 0.2) is 83.8 Å². The fraction of sp³-hybridized carbons (Fsp3) is 0.231. The molecule has 0 aliphatic heterocycles. The van der Waals surface area contributed by atoms with Gasteiger partial charge in [-0.1, -0.05) is 55.0 Å². The Kier molecular flexibility index (Phi) is 7.42. The minimum Gasteiger partial charge on any atom is -0.344 e. The van der Waals surface area contributed by atoms with Gasteiger partial charge in [-0.15, -0.1) is 0 Å². The molecule has 33 heavy (non-hydrogen) atoms. The molecule has 0 fully saturated rings. The molecule has 4 rings (SSSR count). The van der Waals surface area contributed by atoms with Crippen molar-refractivity contribution in [3.05, 3.63) is 105 Å². The van der Waals surface area contributed by atoms with Crippen LogP contribution in [0.4, 0.5) is 0 Å². The number of nitrogens with zero attached hydrogens (tertiary/aromatic N) is 2. The Balaban J connectivity index is 1.32. The zero-order valence-electron chi connectivity index (χ0n) is 18.2. The first-order chi connectivity index (χ1) is 16.1. The highest BCUT2D eigenvalue weighted by Gasteiger charge is 2.17. The van der Waals surface area contributed by atoms with Crippen LogP contribution in [0.1, 0.15) is 43.0 Å². The highest BCUT2D eigenvalue weighted by molar-refractivity contribution is 7.71. The van der Waals surface area contributed by atoms with E-state index in [1.807, 2.05) is 66.7 Å².